The van der Waals surface area contributed by atoms with Crippen molar-refractivity contribution in [2.75, 3.05) is 13.2 Å². The highest BCUT2D eigenvalue weighted by Crippen LogP contribution is 2.18. The molecule has 0 heterocycles. The molecular formula is C57H110O6. The van der Waals surface area contributed by atoms with Crippen LogP contribution in [0.4, 0.5) is 0 Å². The zero-order valence-electron chi connectivity index (χ0n) is 42.9. The molecule has 1 unspecified atom stereocenters. The van der Waals surface area contributed by atoms with Crippen molar-refractivity contribution < 1.29 is 28.6 Å². The molecule has 0 aliphatic heterocycles. The van der Waals surface area contributed by atoms with Gasteiger partial charge in [-0.25, -0.2) is 0 Å². The third-order valence-electron chi connectivity index (χ3n) is 13.1. The molecule has 0 fully saturated rings. The van der Waals surface area contributed by atoms with Gasteiger partial charge in [0.2, 0.25) is 0 Å². The number of esters is 3. The summed E-state index contributed by atoms with van der Waals surface area (Å²) >= 11 is 0. The molecule has 0 radical (unpaired) electrons. The fraction of sp³-hybridized carbons (Fsp3) is 0.947. The maximum Gasteiger partial charge on any atom is 0.306 e. The zero-order chi connectivity index (χ0) is 45.8. The summed E-state index contributed by atoms with van der Waals surface area (Å²) in [6.07, 6.45) is 58.8. The lowest BCUT2D eigenvalue weighted by Gasteiger charge is -2.18. The van der Waals surface area contributed by atoms with Crippen molar-refractivity contribution in [2.24, 2.45) is 0 Å². The molecule has 6 nitrogen and oxygen atoms in total. The van der Waals surface area contributed by atoms with Gasteiger partial charge < -0.3 is 14.2 Å². The van der Waals surface area contributed by atoms with Crippen LogP contribution in [0.5, 0.6) is 0 Å². The lowest BCUT2D eigenvalue weighted by Crippen LogP contribution is -2.30. The fourth-order valence-corrected chi connectivity index (χ4v) is 8.80. The average molecular weight is 892 g/mol. The molecule has 0 saturated heterocycles. The topological polar surface area (TPSA) is 78.9 Å². The Balaban J connectivity index is 3.83. The van der Waals surface area contributed by atoms with Crippen LogP contribution >= 0.6 is 0 Å². The minimum atomic E-state index is -0.757. The molecule has 0 spiro atoms. The molecule has 0 amide bonds. The van der Waals surface area contributed by atoms with Crippen molar-refractivity contribution in [3.05, 3.63) is 0 Å². The predicted octanol–water partition coefficient (Wildman–Crippen LogP) is 18.8. The van der Waals surface area contributed by atoms with Crippen LogP contribution < -0.4 is 0 Å². The van der Waals surface area contributed by atoms with E-state index >= 15 is 0 Å². The SMILES string of the molecule is CCCCCCCCCCCCCCCCCCCCCCCCCCCCCCCCC(=O)OCC(COC(=O)CCCCCCCC)OC(=O)CCCCCCCCCCC. The molecule has 0 aromatic carbocycles. The maximum atomic E-state index is 12.7. The van der Waals surface area contributed by atoms with E-state index in [1.165, 1.54) is 231 Å². The van der Waals surface area contributed by atoms with Gasteiger partial charge in [-0.15, -0.1) is 0 Å². The van der Waals surface area contributed by atoms with Gasteiger partial charge in [0.25, 0.3) is 0 Å². The number of hydrogen-bond acceptors (Lipinski definition) is 6. The molecule has 0 N–H and O–H groups in total. The summed E-state index contributed by atoms with van der Waals surface area (Å²) in [6, 6.07) is 0. The summed E-state index contributed by atoms with van der Waals surface area (Å²) in [5, 5.41) is 0. The van der Waals surface area contributed by atoms with Crippen LogP contribution in [0.1, 0.15) is 329 Å². The Hall–Kier alpha value is -1.59. The first kappa shape index (κ1) is 61.4. The van der Waals surface area contributed by atoms with Crippen LogP contribution in [0, 0.1) is 0 Å². The average Bonchev–Trinajstić information content (AvgIpc) is 3.28. The van der Waals surface area contributed by atoms with E-state index in [2.05, 4.69) is 20.8 Å². The van der Waals surface area contributed by atoms with Gasteiger partial charge in [0.05, 0.1) is 0 Å². The monoisotopic (exact) mass is 891 g/mol. The van der Waals surface area contributed by atoms with E-state index in [0.29, 0.717) is 19.3 Å². The number of unbranched alkanes of at least 4 members (excludes halogenated alkanes) is 42. The Morgan fingerprint density at radius 3 is 0.635 bits per heavy atom. The second-order valence-electron chi connectivity index (χ2n) is 19.6. The lowest BCUT2D eigenvalue weighted by atomic mass is 10.0. The molecular weight excluding hydrogens is 781 g/mol. The Morgan fingerprint density at radius 1 is 0.254 bits per heavy atom. The van der Waals surface area contributed by atoms with Crippen LogP contribution in [0.2, 0.25) is 0 Å². The minimum Gasteiger partial charge on any atom is -0.462 e. The first-order chi connectivity index (χ1) is 31.0. The van der Waals surface area contributed by atoms with E-state index in [0.717, 1.165) is 57.8 Å². The second kappa shape index (κ2) is 53.0. The van der Waals surface area contributed by atoms with E-state index < -0.39 is 6.10 Å². The van der Waals surface area contributed by atoms with Crippen molar-refractivity contribution in [3.63, 3.8) is 0 Å². The summed E-state index contributed by atoms with van der Waals surface area (Å²) in [5.41, 5.74) is 0. The van der Waals surface area contributed by atoms with Crippen LogP contribution in [-0.2, 0) is 28.6 Å². The van der Waals surface area contributed by atoms with Crippen LogP contribution in [0.3, 0.4) is 0 Å². The highest BCUT2D eigenvalue weighted by molar-refractivity contribution is 5.71. The second-order valence-corrected chi connectivity index (χ2v) is 19.6. The third-order valence-corrected chi connectivity index (χ3v) is 13.1. The van der Waals surface area contributed by atoms with Gasteiger partial charge in [0.1, 0.15) is 13.2 Å². The number of hydrogen-bond donors (Lipinski definition) is 0. The van der Waals surface area contributed by atoms with Gasteiger partial charge in [0, 0.05) is 19.3 Å². The number of ether oxygens (including phenoxy) is 3. The smallest absolute Gasteiger partial charge is 0.306 e. The number of rotatable bonds is 53. The highest BCUT2D eigenvalue weighted by Gasteiger charge is 2.19. The highest BCUT2D eigenvalue weighted by atomic mass is 16.6. The van der Waals surface area contributed by atoms with Crippen LogP contribution in [-0.4, -0.2) is 37.2 Å². The standard InChI is InChI=1S/C57H110O6/c1-4-7-10-13-16-18-19-20-21-22-23-24-25-26-27-28-29-30-31-32-33-34-35-36-37-38-40-41-44-47-50-56(59)62-53-54(52-61-55(58)49-46-43-15-12-9-6-3)63-57(60)51-48-45-42-39-17-14-11-8-5-2/h54H,4-53H2,1-3H3. The van der Waals surface area contributed by atoms with Crippen molar-refractivity contribution >= 4 is 17.9 Å². The zero-order valence-corrected chi connectivity index (χ0v) is 42.9. The number of carbonyl (C=O) groups excluding carboxylic acids is 3. The Bertz CT molecular complexity index is 936. The molecule has 0 aromatic heterocycles. The van der Waals surface area contributed by atoms with Crippen molar-refractivity contribution in [1.82, 2.24) is 0 Å². The summed E-state index contributed by atoms with van der Waals surface area (Å²) in [5.74, 6) is -0.858. The molecule has 0 saturated carbocycles. The first-order valence-electron chi connectivity index (χ1n) is 28.5. The normalized spacial score (nSPS) is 11.9. The minimum absolute atomic E-state index is 0.0633. The van der Waals surface area contributed by atoms with Gasteiger partial charge in [-0.2, -0.15) is 0 Å². The Morgan fingerprint density at radius 2 is 0.429 bits per heavy atom. The largest absolute Gasteiger partial charge is 0.462 e. The molecule has 1 atom stereocenters. The fourth-order valence-electron chi connectivity index (χ4n) is 8.80. The molecule has 6 heteroatoms. The summed E-state index contributed by atoms with van der Waals surface area (Å²) in [6.45, 7) is 6.60. The molecule has 63 heavy (non-hydrogen) atoms. The predicted molar refractivity (Wildman–Crippen MR) is 270 cm³/mol. The van der Waals surface area contributed by atoms with E-state index in [1.54, 1.807) is 0 Å². The number of carbonyl (C=O) groups is 3. The lowest BCUT2D eigenvalue weighted by molar-refractivity contribution is -0.167. The quantitative estimate of drug-likeness (QED) is 0.0344. The van der Waals surface area contributed by atoms with Gasteiger partial charge in [-0.1, -0.05) is 290 Å². The maximum absolute atomic E-state index is 12.7. The third kappa shape index (κ3) is 51.3. The van der Waals surface area contributed by atoms with Crippen LogP contribution in [0.15, 0.2) is 0 Å². The van der Waals surface area contributed by atoms with Gasteiger partial charge >= 0.3 is 17.9 Å². The van der Waals surface area contributed by atoms with Crippen LogP contribution in [0.25, 0.3) is 0 Å². The summed E-state index contributed by atoms with van der Waals surface area (Å²) in [7, 11) is 0. The van der Waals surface area contributed by atoms with Gasteiger partial charge in [-0.3, -0.25) is 14.4 Å². The summed E-state index contributed by atoms with van der Waals surface area (Å²) in [4.78, 5) is 37.6. The molecule has 374 valence electrons. The van der Waals surface area contributed by atoms with Gasteiger partial charge in [0.15, 0.2) is 6.10 Å². The Kier molecular flexibility index (Phi) is 51.7. The molecule has 0 aliphatic carbocycles. The molecule has 0 aliphatic rings. The molecule has 0 bridgehead atoms. The van der Waals surface area contributed by atoms with Crippen molar-refractivity contribution in [1.29, 1.82) is 0 Å². The van der Waals surface area contributed by atoms with E-state index in [1.807, 2.05) is 0 Å². The van der Waals surface area contributed by atoms with Crippen molar-refractivity contribution in [3.8, 4) is 0 Å². The van der Waals surface area contributed by atoms with Crippen molar-refractivity contribution in [2.45, 2.75) is 335 Å². The van der Waals surface area contributed by atoms with Gasteiger partial charge in [-0.05, 0) is 19.3 Å². The molecule has 0 rings (SSSR count). The Labute approximate surface area is 393 Å². The first-order valence-corrected chi connectivity index (χ1v) is 28.5. The van der Waals surface area contributed by atoms with E-state index in [-0.39, 0.29) is 31.1 Å². The summed E-state index contributed by atoms with van der Waals surface area (Å²) < 4.78 is 16.7. The van der Waals surface area contributed by atoms with E-state index in [9.17, 15) is 14.4 Å². The molecule has 0 aromatic rings. The van der Waals surface area contributed by atoms with E-state index in [4.69, 9.17) is 14.2 Å².